The molecule has 0 atom stereocenters. The van der Waals surface area contributed by atoms with Gasteiger partial charge in [0.2, 0.25) is 0 Å². The predicted octanol–water partition coefficient (Wildman–Crippen LogP) is 4.08. The van der Waals surface area contributed by atoms with Crippen molar-refractivity contribution in [2.75, 3.05) is 13.4 Å². The Morgan fingerprint density at radius 1 is 0.889 bits per heavy atom. The van der Waals surface area contributed by atoms with Crippen molar-refractivity contribution in [1.29, 1.82) is 0 Å². The Kier molecular flexibility index (Phi) is 4.20. The normalized spacial score (nSPS) is 11.6. The zero-order valence-electron chi connectivity index (χ0n) is 15.0. The highest BCUT2D eigenvalue weighted by molar-refractivity contribution is 7.90. The standard InChI is InChI=1S/C21H18N2O3S/c1-26-17-10-6-16(7-11-17)21-20(19-5-3-4-14-23(19)22-21)15-8-12-18(13-9-15)27(2,24)25/h3-14H,1-2H3. The quantitative estimate of drug-likeness (QED) is 0.537. The smallest absolute Gasteiger partial charge is 0.175 e. The first-order valence-electron chi connectivity index (χ1n) is 8.39. The second-order valence-corrected chi connectivity index (χ2v) is 8.29. The van der Waals surface area contributed by atoms with E-state index in [0.29, 0.717) is 4.90 Å². The molecule has 0 aliphatic rings. The molecule has 0 amide bonds. The number of methoxy groups -OCH3 is 1. The zero-order chi connectivity index (χ0) is 19.0. The SMILES string of the molecule is COc1ccc(-c2nn3ccccc3c2-c2ccc(S(C)(=O)=O)cc2)cc1. The number of hydrogen-bond donors (Lipinski definition) is 0. The van der Waals surface area contributed by atoms with Crippen LogP contribution in [0.1, 0.15) is 0 Å². The van der Waals surface area contributed by atoms with Crippen LogP contribution in [0.5, 0.6) is 5.75 Å². The molecule has 27 heavy (non-hydrogen) atoms. The van der Waals surface area contributed by atoms with Gasteiger partial charge >= 0.3 is 0 Å². The number of aromatic nitrogens is 2. The van der Waals surface area contributed by atoms with Gasteiger partial charge < -0.3 is 4.74 Å². The molecule has 0 aliphatic carbocycles. The highest BCUT2D eigenvalue weighted by Crippen LogP contribution is 2.36. The number of nitrogens with zero attached hydrogens (tertiary/aromatic N) is 2. The number of pyridine rings is 1. The third kappa shape index (κ3) is 3.19. The summed E-state index contributed by atoms with van der Waals surface area (Å²) in [5, 5.41) is 4.74. The van der Waals surface area contributed by atoms with Crippen molar-refractivity contribution in [3.05, 3.63) is 72.9 Å². The molecule has 0 aliphatic heterocycles. The van der Waals surface area contributed by atoms with Gasteiger partial charge in [-0.3, -0.25) is 0 Å². The van der Waals surface area contributed by atoms with Gasteiger partial charge in [-0.05, 0) is 54.1 Å². The average Bonchev–Trinajstić information content (AvgIpc) is 3.07. The van der Waals surface area contributed by atoms with Crippen LogP contribution in [0.2, 0.25) is 0 Å². The van der Waals surface area contributed by atoms with Gasteiger partial charge in [-0.1, -0.05) is 18.2 Å². The lowest BCUT2D eigenvalue weighted by atomic mass is 10.00. The first-order chi connectivity index (χ1) is 13.0. The molecule has 0 fully saturated rings. The van der Waals surface area contributed by atoms with Crippen LogP contribution < -0.4 is 4.74 Å². The van der Waals surface area contributed by atoms with Crippen molar-refractivity contribution >= 4 is 15.4 Å². The van der Waals surface area contributed by atoms with Crippen molar-refractivity contribution < 1.29 is 13.2 Å². The summed E-state index contributed by atoms with van der Waals surface area (Å²) in [5.74, 6) is 0.779. The largest absolute Gasteiger partial charge is 0.497 e. The number of benzene rings is 2. The molecule has 0 saturated heterocycles. The number of hydrogen-bond acceptors (Lipinski definition) is 4. The fraction of sp³-hybridized carbons (Fsp3) is 0.0952. The molecule has 4 aromatic rings. The number of rotatable bonds is 4. The van der Waals surface area contributed by atoms with E-state index < -0.39 is 9.84 Å². The van der Waals surface area contributed by atoms with E-state index in [1.54, 1.807) is 19.2 Å². The first-order valence-corrected chi connectivity index (χ1v) is 10.3. The minimum Gasteiger partial charge on any atom is -0.497 e. The van der Waals surface area contributed by atoms with Crippen LogP contribution >= 0.6 is 0 Å². The van der Waals surface area contributed by atoms with E-state index in [2.05, 4.69) is 0 Å². The maximum absolute atomic E-state index is 11.8. The topological polar surface area (TPSA) is 60.7 Å². The summed E-state index contributed by atoms with van der Waals surface area (Å²) in [6.07, 6.45) is 3.11. The van der Waals surface area contributed by atoms with Crippen LogP contribution in [-0.4, -0.2) is 31.4 Å². The Morgan fingerprint density at radius 3 is 2.19 bits per heavy atom. The fourth-order valence-electron chi connectivity index (χ4n) is 3.10. The van der Waals surface area contributed by atoms with Gasteiger partial charge in [0, 0.05) is 23.6 Å². The molecule has 5 nitrogen and oxygen atoms in total. The Hall–Kier alpha value is -3.12. The molecule has 2 heterocycles. The van der Waals surface area contributed by atoms with Crippen LogP contribution in [0.4, 0.5) is 0 Å². The Labute approximate surface area is 157 Å². The van der Waals surface area contributed by atoms with Crippen LogP contribution in [-0.2, 0) is 9.84 Å². The molecule has 0 unspecified atom stereocenters. The highest BCUT2D eigenvalue weighted by Gasteiger charge is 2.17. The third-order valence-electron chi connectivity index (χ3n) is 4.47. The van der Waals surface area contributed by atoms with Crippen LogP contribution in [0.3, 0.4) is 0 Å². The van der Waals surface area contributed by atoms with E-state index in [-0.39, 0.29) is 0 Å². The molecular weight excluding hydrogens is 360 g/mol. The maximum Gasteiger partial charge on any atom is 0.175 e. The van der Waals surface area contributed by atoms with Gasteiger partial charge in [0.1, 0.15) is 11.4 Å². The summed E-state index contributed by atoms with van der Waals surface area (Å²) >= 11 is 0. The van der Waals surface area contributed by atoms with Crippen molar-refractivity contribution in [3.8, 4) is 28.1 Å². The van der Waals surface area contributed by atoms with Gasteiger partial charge in [-0.2, -0.15) is 5.10 Å². The van der Waals surface area contributed by atoms with Crippen molar-refractivity contribution in [1.82, 2.24) is 9.61 Å². The number of sulfone groups is 1. The molecule has 0 N–H and O–H groups in total. The van der Waals surface area contributed by atoms with Gasteiger partial charge in [0.15, 0.2) is 9.84 Å². The molecule has 6 heteroatoms. The second-order valence-electron chi connectivity index (χ2n) is 6.28. The van der Waals surface area contributed by atoms with Gasteiger partial charge in [0.25, 0.3) is 0 Å². The Morgan fingerprint density at radius 2 is 1.56 bits per heavy atom. The zero-order valence-corrected chi connectivity index (χ0v) is 15.8. The molecule has 0 radical (unpaired) electrons. The first kappa shape index (κ1) is 17.3. The summed E-state index contributed by atoms with van der Waals surface area (Å²) in [5.41, 5.74) is 4.61. The minimum absolute atomic E-state index is 0.300. The molecular formula is C21H18N2O3S. The predicted molar refractivity (Wildman–Crippen MR) is 106 cm³/mol. The molecule has 136 valence electrons. The van der Waals surface area contributed by atoms with E-state index in [0.717, 1.165) is 33.7 Å². The summed E-state index contributed by atoms with van der Waals surface area (Å²) in [6.45, 7) is 0. The van der Waals surface area contributed by atoms with Gasteiger partial charge in [-0.15, -0.1) is 0 Å². The van der Waals surface area contributed by atoms with Gasteiger partial charge in [-0.25, -0.2) is 12.9 Å². The van der Waals surface area contributed by atoms with Crippen molar-refractivity contribution in [3.63, 3.8) is 0 Å². The van der Waals surface area contributed by atoms with Crippen LogP contribution in [0.25, 0.3) is 27.9 Å². The summed E-state index contributed by atoms with van der Waals surface area (Å²) in [6, 6.07) is 20.5. The highest BCUT2D eigenvalue weighted by atomic mass is 32.2. The lowest BCUT2D eigenvalue weighted by molar-refractivity contribution is 0.415. The lowest BCUT2D eigenvalue weighted by Gasteiger charge is -2.06. The van der Waals surface area contributed by atoms with E-state index >= 15 is 0 Å². The Bertz CT molecular complexity index is 1210. The second kappa shape index (κ2) is 6.55. The average molecular weight is 378 g/mol. The number of ether oxygens (including phenoxy) is 1. The molecule has 0 bridgehead atoms. The Balaban J connectivity index is 1.93. The molecule has 2 aromatic carbocycles. The maximum atomic E-state index is 11.8. The monoisotopic (exact) mass is 378 g/mol. The number of fused-ring (bicyclic) bond motifs is 1. The van der Waals surface area contributed by atoms with Gasteiger partial charge in [0.05, 0.1) is 17.5 Å². The molecule has 0 spiro atoms. The fourth-order valence-corrected chi connectivity index (χ4v) is 3.73. The van der Waals surface area contributed by atoms with E-state index in [4.69, 9.17) is 9.84 Å². The minimum atomic E-state index is -3.24. The lowest BCUT2D eigenvalue weighted by Crippen LogP contribution is -1.96. The van der Waals surface area contributed by atoms with E-state index in [1.807, 2.05) is 65.3 Å². The summed E-state index contributed by atoms with van der Waals surface area (Å²) < 4.78 is 30.6. The van der Waals surface area contributed by atoms with E-state index in [9.17, 15) is 8.42 Å². The third-order valence-corrected chi connectivity index (χ3v) is 5.60. The molecule has 0 saturated carbocycles. The van der Waals surface area contributed by atoms with Crippen molar-refractivity contribution in [2.24, 2.45) is 0 Å². The molecule has 4 rings (SSSR count). The van der Waals surface area contributed by atoms with Crippen molar-refractivity contribution in [2.45, 2.75) is 4.90 Å². The summed E-state index contributed by atoms with van der Waals surface area (Å²) in [4.78, 5) is 0.300. The summed E-state index contributed by atoms with van der Waals surface area (Å²) in [7, 11) is -1.60. The molecule has 2 aromatic heterocycles. The van der Waals surface area contributed by atoms with Crippen LogP contribution in [0, 0.1) is 0 Å². The van der Waals surface area contributed by atoms with E-state index in [1.165, 1.54) is 6.26 Å². The van der Waals surface area contributed by atoms with Crippen LogP contribution in [0.15, 0.2) is 77.8 Å².